The second-order valence-electron chi connectivity index (χ2n) is 4.36. The van der Waals surface area contributed by atoms with Gasteiger partial charge in [0.15, 0.2) is 5.69 Å². The minimum atomic E-state index is -0.451. The summed E-state index contributed by atoms with van der Waals surface area (Å²) in [5.41, 5.74) is 0.774. The van der Waals surface area contributed by atoms with Crippen molar-refractivity contribution in [3.8, 4) is 0 Å². The number of nitrogens with one attached hydrogen (secondary N) is 1. The van der Waals surface area contributed by atoms with Crippen LogP contribution in [0.25, 0.3) is 0 Å². The van der Waals surface area contributed by atoms with Gasteiger partial charge in [0.1, 0.15) is 16.5 Å². The lowest BCUT2D eigenvalue weighted by Crippen LogP contribution is -2.23. The number of rotatable bonds is 5. The minimum Gasteiger partial charge on any atom is -0.466 e. The standard InChI is InChI=1S/C14H16N2O4S/c1-4-19-14(18)11-7-21-12(16-11)6-15-13(17)10-5-8(2)20-9(10)3/h5,7H,4,6H2,1-3H3,(H,15,17). The fraction of sp³-hybridized carbons (Fsp3) is 0.357. The monoisotopic (exact) mass is 308 g/mol. The molecule has 0 fully saturated rings. The van der Waals surface area contributed by atoms with E-state index in [1.807, 2.05) is 0 Å². The molecule has 112 valence electrons. The van der Waals surface area contributed by atoms with Crippen LogP contribution >= 0.6 is 11.3 Å². The van der Waals surface area contributed by atoms with Crippen LogP contribution in [0.5, 0.6) is 0 Å². The summed E-state index contributed by atoms with van der Waals surface area (Å²) in [4.78, 5) is 27.6. The molecule has 0 atom stereocenters. The summed E-state index contributed by atoms with van der Waals surface area (Å²) < 4.78 is 10.2. The number of furan rings is 1. The Bertz CT molecular complexity index is 660. The lowest BCUT2D eigenvalue weighted by molar-refractivity contribution is 0.0520. The second kappa shape index (κ2) is 6.53. The number of ether oxygens (including phenoxy) is 1. The molecule has 0 bridgehead atoms. The van der Waals surface area contributed by atoms with E-state index >= 15 is 0 Å². The van der Waals surface area contributed by atoms with Gasteiger partial charge in [0.25, 0.3) is 5.91 Å². The maximum absolute atomic E-state index is 12.0. The number of nitrogens with zero attached hydrogens (tertiary/aromatic N) is 1. The van der Waals surface area contributed by atoms with Crippen molar-refractivity contribution in [1.29, 1.82) is 0 Å². The Morgan fingerprint density at radius 3 is 2.81 bits per heavy atom. The van der Waals surface area contributed by atoms with Crippen LogP contribution in [0, 0.1) is 13.8 Å². The lowest BCUT2D eigenvalue weighted by atomic mass is 10.2. The third-order valence-electron chi connectivity index (χ3n) is 2.72. The van der Waals surface area contributed by atoms with Crippen molar-refractivity contribution in [2.24, 2.45) is 0 Å². The molecule has 2 rings (SSSR count). The average Bonchev–Trinajstić information content (AvgIpc) is 3.03. The van der Waals surface area contributed by atoms with Crippen LogP contribution in [-0.4, -0.2) is 23.5 Å². The molecule has 0 saturated carbocycles. The lowest BCUT2D eigenvalue weighted by Gasteiger charge is -2.01. The largest absolute Gasteiger partial charge is 0.466 e. The Labute approximate surface area is 126 Å². The molecule has 1 N–H and O–H groups in total. The zero-order valence-corrected chi connectivity index (χ0v) is 12.9. The van der Waals surface area contributed by atoms with E-state index in [2.05, 4.69) is 10.3 Å². The summed E-state index contributed by atoms with van der Waals surface area (Å²) in [6.07, 6.45) is 0. The first-order valence-electron chi connectivity index (χ1n) is 6.48. The number of aryl methyl sites for hydroxylation is 2. The van der Waals surface area contributed by atoms with E-state index in [9.17, 15) is 9.59 Å². The molecule has 0 saturated heterocycles. The number of aromatic nitrogens is 1. The Morgan fingerprint density at radius 1 is 1.43 bits per heavy atom. The predicted molar refractivity (Wildman–Crippen MR) is 77.4 cm³/mol. The first-order chi connectivity index (χ1) is 10.0. The van der Waals surface area contributed by atoms with Crippen LogP contribution in [0.4, 0.5) is 0 Å². The van der Waals surface area contributed by atoms with Crippen molar-refractivity contribution in [3.63, 3.8) is 0 Å². The number of hydrogen-bond donors (Lipinski definition) is 1. The van der Waals surface area contributed by atoms with E-state index in [-0.39, 0.29) is 18.1 Å². The summed E-state index contributed by atoms with van der Waals surface area (Å²) >= 11 is 1.30. The van der Waals surface area contributed by atoms with Crippen LogP contribution in [0.15, 0.2) is 15.9 Å². The van der Waals surface area contributed by atoms with E-state index in [4.69, 9.17) is 9.15 Å². The van der Waals surface area contributed by atoms with Gasteiger partial charge in [-0.3, -0.25) is 4.79 Å². The first-order valence-corrected chi connectivity index (χ1v) is 7.36. The molecule has 0 aliphatic heterocycles. The van der Waals surface area contributed by atoms with Gasteiger partial charge in [-0.2, -0.15) is 0 Å². The predicted octanol–water partition coefficient (Wildman–Crippen LogP) is 2.46. The molecule has 0 aromatic carbocycles. The number of esters is 1. The molecule has 2 aromatic rings. The number of hydrogen-bond acceptors (Lipinski definition) is 6. The molecule has 0 aliphatic carbocycles. The van der Waals surface area contributed by atoms with Crippen molar-refractivity contribution in [1.82, 2.24) is 10.3 Å². The third-order valence-corrected chi connectivity index (χ3v) is 3.57. The van der Waals surface area contributed by atoms with Crippen molar-refractivity contribution < 1.29 is 18.7 Å². The molecule has 1 amide bonds. The Morgan fingerprint density at radius 2 is 2.19 bits per heavy atom. The highest BCUT2D eigenvalue weighted by Gasteiger charge is 2.15. The number of thiazole rings is 1. The van der Waals surface area contributed by atoms with E-state index in [0.29, 0.717) is 28.7 Å². The van der Waals surface area contributed by atoms with Crippen molar-refractivity contribution >= 4 is 23.2 Å². The van der Waals surface area contributed by atoms with Crippen LogP contribution in [0.2, 0.25) is 0 Å². The van der Waals surface area contributed by atoms with Crippen LogP contribution < -0.4 is 5.32 Å². The summed E-state index contributed by atoms with van der Waals surface area (Å²) in [6, 6.07) is 1.69. The quantitative estimate of drug-likeness (QED) is 0.858. The second-order valence-corrected chi connectivity index (χ2v) is 5.30. The van der Waals surface area contributed by atoms with Gasteiger partial charge >= 0.3 is 5.97 Å². The van der Waals surface area contributed by atoms with Crippen LogP contribution in [0.1, 0.15) is 44.3 Å². The smallest absolute Gasteiger partial charge is 0.357 e. The molecule has 0 aliphatic rings. The van der Waals surface area contributed by atoms with Gasteiger partial charge in [-0.05, 0) is 26.8 Å². The van der Waals surface area contributed by atoms with Crippen LogP contribution in [0.3, 0.4) is 0 Å². The van der Waals surface area contributed by atoms with Gasteiger partial charge in [0, 0.05) is 5.38 Å². The van der Waals surface area contributed by atoms with Crippen molar-refractivity contribution in [3.05, 3.63) is 39.2 Å². The molecule has 0 radical (unpaired) electrons. The van der Waals surface area contributed by atoms with Gasteiger partial charge in [-0.25, -0.2) is 9.78 Å². The highest BCUT2D eigenvalue weighted by molar-refractivity contribution is 7.09. The fourth-order valence-electron chi connectivity index (χ4n) is 1.80. The van der Waals surface area contributed by atoms with E-state index in [1.165, 1.54) is 11.3 Å². The zero-order valence-electron chi connectivity index (χ0n) is 12.1. The van der Waals surface area contributed by atoms with Crippen LogP contribution in [-0.2, 0) is 11.3 Å². The topological polar surface area (TPSA) is 81.4 Å². The normalized spacial score (nSPS) is 10.4. The Balaban J connectivity index is 1.96. The maximum Gasteiger partial charge on any atom is 0.357 e. The number of amides is 1. The third kappa shape index (κ3) is 3.69. The van der Waals surface area contributed by atoms with Gasteiger partial charge in [-0.15, -0.1) is 11.3 Å². The van der Waals surface area contributed by atoms with Gasteiger partial charge in [-0.1, -0.05) is 0 Å². The van der Waals surface area contributed by atoms with E-state index in [0.717, 1.165) is 0 Å². The SMILES string of the molecule is CCOC(=O)c1csc(CNC(=O)c2cc(C)oc2C)n1. The summed E-state index contributed by atoms with van der Waals surface area (Å²) in [6.45, 7) is 5.83. The Kier molecular flexibility index (Phi) is 4.74. The molecular formula is C14H16N2O4S. The first kappa shape index (κ1) is 15.2. The number of carbonyl (C=O) groups excluding carboxylic acids is 2. The maximum atomic E-state index is 12.0. The van der Waals surface area contributed by atoms with Crippen molar-refractivity contribution in [2.75, 3.05) is 6.61 Å². The summed E-state index contributed by atoms with van der Waals surface area (Å²) in [5.74, 6) is 0.595. The number of carbonyl (C=O) groups is 2. The van der Waals surface area contributed by atoms with E-state index < -0.39 is 5.97 Å². The van der Waals surface area contributed by atoms with Crippen molar-refractivity contribution in [2.45, 2.75) is 27.3 Å². The molecular weight excluding hydrogens is 292 g/mol. The summed E-state index contributed by atoms with van der Waals surface area (Å²) in [7, 11) is 0. The van der Waals surface area contributed by atoms with Gasteiger partial charge in [0.2, 0.25) is 0 Å². The minimum absolute atomic E-state index is 0.225. The zero-order chi connectivity index (χ0) is 15.4. The molecule has 0 unspecified atom stereocenters. The molecule has 21 heavy (non-hydrogen) atoms. The molecule has 2 aromatic heterocycles. The Hall–Kier alpha value is -2.15. The molecule has 6 nitrogen and oxygen atoms in total. The molecule has 2 heterocycles. The average molecular weight is 308 g/mol. The highest BCUT2D eigenvalue weighted by atomic mass is 32.1. The molecule has 7 heteroatoms. The van der Waals surface area contributed by atoms with Gasteiger partial charge in [0.05, 0.1) is 18.7 Å². The van der Waals surface area contributed by atoms with E-state index in [1.54, 1.807) is 32.2 Å². The fourth-order valence-corrected chi connectivity index (χ4v) is 2.50. The molecule has 0 spiro atoms. The summed E-state index contributed by atoms with van der Waals surface area (Å²) in [5, 5.41) is 5.01. The van der Waals surface area contributed by atoms with Gasteiger partial charge < -0.3 is 14.5 Å². The highest BCUT2D eigenvalue weighted by Crippen LogP contribution is 2.14.